The van der Waals surface area contributed by atoms with Crippen LogP contribution in [0.1, 0.15) is 43.1 Å². The molecule has 1 heterocycles. The van der Waals surface area contributed by atoms with E-state index in [0.29, 0.717) is 0 Å². The van der Waals surface area contributed by atoms with Gasteiger partial charge >= 0.3 is 0 Å². The maximum Gasteiger partial charge on any atom is 0.132 e. The molecule has 110 valence electrons. The molecule has 1 saturated carbocycles. The fourth-order valence-electron chi connectivity index (χ4n) is 2.57. The highest BCUT2D eigenvalue weighted by atomic mass is 16.5. The fraction of sp³-hybridized carbons (Fsp3) is 0.625. The van der Waals surface area contributed by atoms with E-state index in [1.54, 1.807) is 13.4 Å². The normalized spacial score (nSPS) is 21.6. The van der Waals surface area contributed by atoms with E-state index in [9.17, 15) is 0 Å². The van der Waals surface area contributed by atoms with Crippen LogP contribution in [0.2, 0.25) is 0 Å². The molecule has 3 rings (SSSR count). The van der Waals surface area contributed by atoms with Crippen molar-refractivity contribution in [2.24, 2.45) is 0 Å². The van der Waals surface area contributed by atoms with Gasteiger partial charge in [-0.25, -0.2) is 0 Å². The molecule has 2 aliphatic rings. The van der Waals surface area contributed by atoms with Crippen LogP contribution in [0.5, 0.6) is 0 Å². The van der Waals surface area contributed by atoms with Gasteiger partial charge in [0, 0.05) is 44.9 Å². The fourth-order valence-corrected chi connectivity index (χ4v) is 2.57. The number of furan rings is 1. The van der Waals surface area contributed by atoms with Crippen LogP contribution >= 0.6 is 0 Å². The summed E-state index contributed by atoms with van der Waals surface area (Å²) < 4.78 is 16.6. The predicted octanol–water partition coefficient (Wildman–Crippen LogP) is 2.91. The summed E-state index contributed by atoms with van der Waals surface area (Å²) in [5, 5.41) is 3.56. The minimum atomic E-state index is 0.126. The highest BCUT2D eigenvalue weighted by molar-refractivity contribution is 5.56. The van der Waals surface area contributed by atoms with Crippen molar-refractivity contribution in [2.75, 3.05) is 26.9 Å². The average molecular weight is 277 g/mol. The average Bonchev–Trinajstić information content (AvgIpc) is 3.17. The molecule has 0 bridgehead atoms. The van der Waals surface area contributed by atoms with Gasteiger partial charge in [-0.15, -0.1) is 0 Å². The zero-order chi connectivity index (χ0) is 13.8. The zero-order valence-corrected chi connectivity index (χ0v) is 12.1. The summed E-state index contributed by atoms with van der Waals surface area (Å²) in [6, 6.07) is 2.76. The maximum atomic E-state index is 6.01. The zero-order valence-electron chi connectivity index (χ0n) is 12.1. The SMILES string of the molecule is COCCCOC1CC(CNC2CC2)=Cc2occc21. The number of nitrogens with one attached hydrogen (secondary N) is 1. The Hall–Kier alpha value is -1.10. The monoisotopic (exact) mass is 277 g/mol. The molecule has 2 aliphatic carbocycles. The molecule has 0 amide bonds. The maximum absolute atomic E-state index is 6.01. The van der Waals surface area contributed by atoms with Crippen molar-refractivity contribution in [1.82, 2.24) is 5.32 Å². The Labute approximate surface area is 120 Å². The summed E-state index contributed by atoms with van der Waals surface area (Å²) in [6.45, 7) is 2.42. The molecule has 0 aliphatic heterocycles. The molecular formula is C16H23NO3. The van der Waals surface area contributed by atoms with Crippen molar-refractivity contribution < 1.29 is 13.9 Å². The van der Waals surface area contributed by atoms with Crippen molar-refractivity contribution in [1.29, 1.82) is 0 Å². The highest BCUT2D eigenvalue weighted by Crippen LogP contribution is 2.35. The first kappa shape index (κ1) is 13.9. The molecule has 0 radical (unpaired) electrons. The van der Waals surface area contributed by atoms with E-state index >= 15 is 0 Å². The van der Waals surface area contributed by atoms with Crippen LogP contribution < -0.4 is 5.32 Å². The predicted molar refractivity (Wildman–Crippen MR) is 77.5 cm³/mol. The second-order valence-electron chi connectivity index (χ2n) is 5.61. The first-order valence-corrected chi connectivity index (χ1v) is 7.47. The Balaban J connectivity index is 1.58. The van der Waals surface area contributed by atoms with Crippen molar-refractivity contribution >= 4 is 6.08 Å². The number of hydrogen-bond donors (Lipinski definition) is 1. The topological polar surface area (TPSA) is 43.6 Å². The molecule has 1 aromatic rings. The van der Waals surface area contributed by atoms with Gasteiger partial charge < -0.3 is 19.2 Å². The van der Waals surface area contributed by atoms with Crippen LogP contribution in [0.15, 0.2) is 22.3 Å². The number of hydrogen-bond acceptors (Lipinski definition) is 4. The lowest BCUT2D eigenvalue weighted by Gasteiger charge is -2.23. The van der Waals surface area contributed by atoms with Gasteiger partial charge in [-0.2, -0.15) is 0 Å². The molecule has 4 nitrogen and oxygen atoms in total. The molecule has 0 spiro atoms. The van der Waals surface area contributed by atoms with Crippen LogP contribution in [0.4, 0.5) is 0 Å². The number of fused-ring (bicyclic) bond motifs is 1. The lowest BCUT2D eigenvalue weighted by Crippen LogP contribution is -2.22. The second kappa shape index (κ2) is 6.57. The van der Waals surface area contributed by atoms with Gasteiger partial charge in [0.25, 0.3) is 0 Å². The number of rotatable bonds is 8. The molecule has 1 unspecified atom stereocenters. The highest BCUT2D eigenvalue weighted by Gasteiger charge is 2.26. The molecule has 1 aromatic heterocycles. The summed E-state index contributed by atoms with van der Waals surface area (Å²) in [4.78, 5) is 0. The number of ether oxygens (including phenoxy) is 2. The summed E-state index contributed by atoms with van der Waals surface area (Å²) >= 11 is 0. The molecule has 0 aromatic carbocycles. The van der Waals surface area contributed by atoms with E-state index in [4.69, 9.17) is 13.9 Å². The lowest BCUT2D eigenvalue weighted by atomic mass is 9.94. The minimum absolute atomic E-state index is 0.126. The Morgan fingerprint density at radius 1 is 1.35 bits per heavy atom. The van der Waals surface area contributed by atoms with Crippen molar-refractivity contribution in [3.8, 4) is 0 Å². The number of methoxy groups -OCH3 is 1. The van der Waals surface area contributed by atoms with Gasteiger partial charge in [-0.3, -0.25) is 0 Å². The molecule has 20 heavy (non-hydrogen) atoms. The second-order valence-corrected chi connectivity index (χ2v) is 5.61. The van der Waals surface area contributed by atoms with Crippen LogP contribution in [-0.2, 0) is 9.47 Å². The molecule has 1 fully saturated rings. The summed E-state index contributed by atoms with van der Waals surface area (Å²) in [7, 11) is 1.72. The quantitative estimate of drug-likeness (QED) is 0.742. The Kier molecular flexibility index (Phi) is 4.55. The standard InChI is InChI=1S/C16H23NO3/c1-18-6-2-7-19-15-9-12(11-17-13-3-4-13)10-16-14(15)5-8-20-16/h5,8,10,13,15,17H,2-4,6-7,9,11H2,1H3. The summed E-state index contributed by atoms with van der Waals surface area (Å²) in [5.41, 5.74) is 2.55. The molecule has 1 N–H and O–H groups in total. The van der Waals surface area contributed by atoms with Crippen LogP contribution in [0.25, 0.3) is 6.08 Å². The van der Waals surface area contributed by atoms with Gasteiger partial charge in [-0.1, -0.05) is 0 Å². The lowest BCUT2D eigenvalue weighted by molar-refractivity contribution is 0.0373. The summed E-state index contributed by atoms with van der Waals surface area (Å²) in [6.07, 6.45) is 8.57. The summed E-state index contributed by atoms with van der Waals surface area (Å²) in [5.74, 6) is 0.959. The van der Waals surface area contributed by atoms with E-state index in [2.05, 4.69) is 11.4 Å². The van der Waals surface area contributed by atoms with Gasteiger partial charge in [0.2, 0.25) is 0 Å². The third kappa shape index (κ3) is 3.51. The minimum Gasteiger partial charge on any atom is -0.465 e. The largest absolute Gasteiger partial charge is 0.465 e. The third-order valence-electron chi connectivity index (χ3n) is 3.86. The first-order valence-electron chi connectivity index (χ1n) is 7.47. The van der Waals surface area contributed by atoms with E-state index in [1.165, 1.54) is 24.0 Å². The third-order valence-corrected chi connectivity index (χ3v) is 3.86. The van der Waals surface area contributed by atoms with Crippen molar-refractivity contribution in [3.05, 3.63) is 29.2 Å². The van der Waals surface area contributed by atoms with E-state index in [1.807, 2.05) is 6.07 Å². The van der Waals surface area contributed by atoms with E-state index < -0.39 is 0 Å². The Morgan fingerprint density at radius 2 is 2.25 bits per heavy atom. The first-order chi connectivity index (χ1) is 9.86. The van der Waals surface area contributed by atoms with Gasteiger partial charge in [-0.05, 0) is 37.0 Å². The van der Waals surface area contributed by atoms with Crippen molar-refractivity contribution in [3.63, 3.8) is 0 Å². The smallest absolute Gasteiger partial charge is 0.132 e. The molecule has 0 saturated heterocycles. The molecule has 1 atom stereocenters. The van der Waals surface area contributed by atoms with Crippen LogP contribution in [-0.4, -0.2) is 32.9 Å². The van der Waals surface area contributed by atoms with E-state index in [0.717, 1.165) is 44.4 Å². The van der Waals surface area contributed by atoms with E-state index in [-0.39, 0.29) is 6.10 Å². The van der Waals surface area contributed by atoms with Gasteiger partial charge in [0.05, 0.1) is 12.4 Å². The van der Waals surface area contributed by atoms with Gasteiger partial charge in [0.1, 0.15) is 5.76 Å². The van der Waals surface area contributed by atoms with Crippen LogP contribution in [0, 0.1) is 0 Å². The van der Waals surface area contributed by atoms with Crippen LogP contribution in [0.3, 0.4) is 0 Å². The molecular weight excluding hydrogens is 254 g/mol. The Bertz CT molecular complexity index is 462. The van der Waals surface area contributed by atoms with Gasteiger partial charge in [0.15, 0.2) is 0 Å². The molecule has 4 heteroatoms. The van der Waals surface area contributed by atoms with Crippen molar-refractivity contribution in [2.45, 2.75) is 37.8 Å². The Morgan fingerprint density at radius 3 is 3.05 bits per heavy atom.